The van der Waals surface area contributed by atoms with Gasteiger partial charge in [0, 0.05) is 23.5 Å². The largest absolute Gasteiger partial charge is 0.494 e. The highest BCUT2D eigenvalue weighted by molar-refractivity contribution is 5.64. The van der Waals surface area contributed by atoms with Crippen molar-refractivity contribution >= 4 is 0 Å². The van der Waals surface area contributed by atoms with E-state index in [2.05, 4.69) is 16.9 Å². The van der Waals surface area contributed by atoms with Gasteiger partial charge in [0.2, 0.25) is 0 Å². The zero-order chi connectivity index (χ0) is 24.2. The van der Waals surface area contributed by atoms with Gasteiger partial charge >= 0.3 is 0 Å². The van der Waals surface area contributed by atoms with Crippen LogP contribution in [-0.2, 0) is 0 Å². The number of benzene rings is 2. The number of nitrogens with zero attached hydrogens (tertiary/aromatic N) is 2. The van der Waals surface area contributed by atoms with E-state index in [4.69, 9.17) is 9.47 Å². The molecule has 4 nitrogen and oxygen atoms in total. The Labute approximate surface area is 203 Å². The summed E-state index contributed by atoms with van der Waals surface area (Å²) in [6, 6.07) is 15.5. The Hall–Kier alpha value is -2.95. The first-order valence-corrected chi connectivity index (χ1v) is 12.5. The minimum atomic E-state index is -0.975. The molecule has 0 aliphatic heterocycles. The number of hydrogen-bond acceptors (Lipinski definition) is 4. The number of unbranched alkanes of at least 4 members (excludes halogenated alkanes) is 5. The van der Waals surface area contributed by atoms with Crippen molar-refractivity contribution in [3.63, 3.8) is 0 Å². The second kappa shape index (κ2) is 13.7. The van der Waals surface area contributed by atoms with Crippen LogP contribution in [0.5, 0.6) is 11.5 Å². The fraction of sp³-hybridized carbons (Fsp3) is 0.448. The van der Waals surface area contributed by atoms with E-state index < -0.39 is 6.17 Å². The molecule has 3 aromatic rings. The first kappa shape index (κ1) is 25.7. The lowest BCUT2D eigenvalue weighted by molar-refractivity contribution is 0.155. The van der Waals surface area contributed by atoms with Crippen molar-refractivity contribution in [2.45, 2.75) is 65.5 Å². The molecule has 3 rings (SSSR count). The lowest BCUT2D eigenvalue weighted by Crippen LogP contribution is -2.18. The van der Waals surface area contributed by atoms with Crippen LogP contribution in [0.1, 0.15) is 59.3 Å². The van der Waals surface area contributed by atoms with Gasteiger partial charge in [0.05, 0.1) is 6.61 Å². The van der Waals surface area contributed by atoms with Crippen LogP contribution in [-0.4, -0.2) is 29.4 Å². The van der Waals surface area contributed by atoms with Gasteiger partial charge in [-0.2, -0.15) is 0 Å². The van der Waals surface area contributed by atoms with E-state index in [-0.39, 0.29) is 12.5 Å². The van der Waals surface area contributed by atoms with Crippen LogP contribution in [0.25, 0.3) is 22.5 Å². The van der Waals surface area contributed by atoms with E-state index in [0.29, 0.717) is 11.6 Å². The molecule has 0 amide bonds. The molecule has 1 aromatic heterocycles. The van der Waals surface area contributed by atoms with Gasteiger partial charge in [-0.05, 0) is 54.3 Å². The SMILES string of the molecule is CCCCCCCCOc1ccc(-c2cnc(-c3ccc(OCC(F)C(C)C)cc3)nc2)cc1. The van der Waals surface area contributed by atoms with Crippen molar-refractivity contribution in [2.75, 3.05) is 13.2 Å². The van der Waals surface area contributed by atoms with Crippen LogP contribution < -0.4 is 9.47 Å². The molecule has 1 atom stereocenters. The predicted octanol–water partition coefficient (Wildman–Crippen LogP) is 7.92. The average molecular weight is 465 g/mol. The predicted molar refractivity (Wildman–Crippen MR) is 137 cm³/mol. The van der Waals surface area contributed by atoms with E-state index in [9.17, 15) is 4.39 Å². The monoisotopic (exact) mass is 464 g/mol. The Morgan fingerprint density at radius 2 is 1.26 bits per heavy atom. The van der Waals surface area contributed by atoms with Crippen molar-refractivity contribution in [3.05, 3.63) is 60.9 Å². The van der Waals surface area contributed by atoms with Crippen molar-refractivity contribution in [1.82, 2.24) is 9.97 Å². The van der Waals surface area contributed by atoms with E-state index >= 15 is 0 Å². The molecule has 1 unspecified atom stereocenters. The van der Waals surface area contributed by atoms with Crippen LogP contribution in [0.4, 0.5) is 4.39 Å². The molecule has 0 saturated heterocycles. The van der Waals surface area contributed by atoms with Crippen LogP contribution >= 0.6 is 0 Å². The van der Waals surface area contributed by atoms with Crippen molar-refractivity contribution in [2.24, 2.45) is 5.92 Å². The first-order chi connectivity index (χ1) is 16.6. The van der Waals surface area contributed by atoms with Gasteiger partial charge in [-0.3, -0.25) is 0 Å². The molecule has 0 fully saturated rings. The maximum atomic E-state index is 13.7. The molecule has 0 saturated carbocycles. The summed E-state index contributed by atoms with van der Waals surface area (Å²) >= 11 is 0. The number of aromatic nitrogens is 2. The summed E-state index contributed by atoms with van der Waals surface area (Å²) in [7, 11) is 0. The highest BCUT2D eigenvalue weighted by Gasteiger charge is 2.12. The Morgan fingerprint density at radius 1 is 0.706 bits per heavy atom. The van der Waals surface area contributed by atoms with Gasteiger partial charge in [0.25, 0.3) is 0 Å². The molecule has 2 aromatic carbocycles. The number of alkyl halides is 1. The normalized spacial score (nSPS) is 12.0. The Kier molecular flexibility index (Phi) is 10.3. The van der Waals surface area contributed by atoms with E-state index in [0.717, 1.165) is 35.5 Å². The third-order valence-corrected chi connectivity index (χ3v) is 5.85. The summed E-state index contributed by atoms with van der Waals surface area (Å²) in [6.45, 7) is 6.75. The third-order valence-electron chi connectivity index (χ3n) is 5.85. The summed E-state index contributed by atoms with van der Waals surface area (Å²) in [6.07, 6.45) is 10.2. The lowest BCUT2D eigenvalue weighted by atomic mass is 10.1. The summed E-state index contributed by atoms with van der Waals surface area (Å²) in [5.41, 5.74) is 2.89. The maximum absolute atomic E-state index is 13.7. The summed E-state index contributed by atoms with van der Waals surface area (Å²) in [4.78, 5) is 9.05. The van der Waals surface area contributed by atoms with E-state index in [1.165, 1.54) is 32.1 Å². The molecule has 0 spiro atoms. The van der Waals surface area contributed by atoms with Gasteiger partial charge in [0.1, 0.15) is 24.3 Å². The average Bonchev–Trinajstić information content (AvgIpc) is 2.87. The lowest BCUT2D eigenvalue weighted by Gasteiger charge is -2.13. The van der Waals surface area contributed by atoms with Gasteiger partial charge in [-0.1, -0.05) is 65.0 Å². The van der Waals surface area contributed by atoms with Crippen molar-refractivity contribution < 1.29 is 13.9 Å². The number of ether oxygens (including phenoxy) is 2. The fourth-order valence-electron chi connectivity index (χ4n) is 3.51. The van der Waals surface area contributed by atoms with Gasteiger partial charge < -0.3 is 9.47 Å². The number of halogens is 1. The van der Waals surface area contributed by atoms with Crippen molar-refractivity contribution in [1.29, 1.82) is 0 Å². The molecule has 0 bridgehead atoms. The summed E-state index contributed by atoms with van der Waals surface area (Å²) in [5.74, 6) is 2.12. The van der Waals surface area contributed by atoms with Crippen LogP contribution in [0.3, 0.4) is 0 Å². The zero-order valence-electron chi connectivity index (χ0n) is 20.7. The number of hydrogen-bond donors (Lipinski definition) is 0. The molecule has 1 heterocycles. The molecular formula is C29H37FN2O2. The zero-order valence-corrected chi connectivity index (χ0v) is 20.7. The first-order valence-electron chi connectivity index (χ1n) is 12.5. The molecule has 0 aliphatic carbocycles. The Bertz CT molecular complexity index is 957. The van der Waals surface area contributed by atoms with Crippen LogP contribution in [0.2, 0.25) is 0 Å². The third kappa shape index (κ3) is 8.12. The summed E-state index contributed by atoms with van der Waals surface area (Å²) < 4.78 is 25.1. The standard InChI is InChI=1S/C29H37FN2O2/c1-4-5-6-7-8-9-18-33-26-14-10-23(11-15-26)25-19-31-29(32-20-25)24-12-16-27(17-13-24)34-21-28(30)22(2)3/h10-17,19-20,22,28H,4-9,18,21H2,1-3H3. The minimum Gasteiger partial charge on any atom is -0.494 e. The molecule has 5 heteroatoms. The second-order valence-electron chi connectivity index (χ2n) is 9.03. The highest BCUT2D eigenvalue weighted by atomic mass is 19.1. The van der Waals surface area contributed by atoms with Crippen LogP contribution in [0, 0.1) is 5.92 Å². The molecule has 0 N–H and O–H groups in total. The van der Waals surface area contributed by atoms with Gasteiger partial charge in [0.15, 0.2) is 5.82 Å². The molecule has 0 radical (unpaired) electrons. The van der Waals surface area contributed by atoms with Crippen molar-refractivity contribution in [3.8, 4) is 34.0 Å². The maximum Gasteiger partial charge on any atom is 0.159 e. The minimum absolute atomic E-state index is 0.0555. The van der Waals surface area contributed by atoms with Gasteiger partial charge in [-0.15, -0.1) is 0 Å². The van der Waals surface area contributed by atoms with E-state index in [1.807, 2.05) is 74.8 Å². The summed E-state index contributed by atoms with van der Waals surface area (Å²) in [5, 5.41) is 0. The molecular weight excluding hydrogens is 427 g/mol. The fourth-order valence-corrected chi connectivity index (χ4v) is 3.51. The molecule has 0 aliphatic rings. The quantitative estimate of drug-likeness (QED) is 0.227. The van der Waals surface area contributed by atoms with Crippen LogP contribution in [0.15, 0.2) is 60.9 Å². The van der Waals surface area contributed by atoms with E-state index in [1.54, 1.807) is 0 Å². The topological polar surface area (TPSA) is 44.2 Å². The Balaban J connectivity index is 1.49. The Morgan fingerprint density at radius 3 is 1.88 bits per heavy atom. The smallest absolute Gasteiger partial charge is 0.159 e. The number of rotatable bonds is 14. The highest BCUT2D eigenvalue weighted by Crippen LogP contribution is 2.24. The molecule has 34 heavy (non-hydrogen) atoms. The molecule has 182 valence electrons. The van der Waals surface area contributed by atoms with Gasteiger partial charge in [-0.25, -0.2) is 14.4 Å². The second-order valence-corrected chi connectivity index (χ2v) is 9.03.